The Morgan fingerprint density at radius 2 is 1.81 bits per heavy atom. The first kappa shape index (κ1) is 18.9. The van der Waals surface area contributed by atoms with Gasteiger partial charge in [0.25, 0.3) is 0 Å². The number of rotatable bonds is 2. The normalized spacial score (nSPS) is 18.0. The van der Waals surface area contributed by atoms with E-state index in [9.17, 15) is 4.79 Å². The number of nitrogens with zero attached hydrogens (tertiary/aromatic N) is 3. The smallest absolute Gasteiger partial charge is 0.339 e. The van der Waals surface area contributed by atoms with Gasteiger partial charge in [0.15, 0.2) is 0 Å². The van der Waals surface area contributed by atoms with Crippen LogP contribution in [0.4, 0.5) is 4.79 Å². The minimum absolute atomic E-state index is 0.398. The molecular weight excluding hydrogens is 388 g/mol. The Morgan fingerprint density at radius 1 is 1.00 bits per heavy atom. The molecule has 0 saturated carbocycles. The molecule has 0 aliphatic carbocycles. The molecule has 2 aromatic carbocycles. The number of primary amides is 1. The van der Waals surface area contributed by atoms with E-state index in [2.05, 4.69) is 16.8 Å². The molecule has 0 radical (unpaired) electrons. The Labute approximate surface area is 179 Å². The van der Waals surface area contributed by atoms with Crippen LogP contribution < -0.4 is 5.73 Å². The maximum Gasteiger partial charge on any atom is 0.339 e. The molecule has 6 nitrogen and oxygen atoms in total. The van der Waals surface area contributed by atoms with E-state index in [-0.39, 0.29) is 0 Å². The lowest BCUT2D eigenvalue weighted by Crippen LogP contribution is -2.47. The summed E-state index contributed by atoms with van der Waals surface area (Å²) >= 11 is 0. The van der Waals surface area contributed by atoms with E-state index in [1.807, 2.05) is 83.4 Å². The molecule has 3 heterocycles. The first-order valence-electron chi connectivity index (χ1n) is 10.0. The molecule has 1 saturated heterocycles. The fourth-order valence-corrected chi connectivity index (χ4v) is 4.17. The van der Waals surface area contributed by atoms with Gasteiger partial charge in [-0.2, -0.15) is 5.06 Å². The lowest BCUT2D eigenvalue weighted by molar-refractivity contribution is -0.107. The van der Waals surface area contributed by atoms with Gasteiger partial charge in [-0.25, -0.2) is 9.78 Å². The number of carbonyl (C=O) groups excluding carboxylic acids is 1. The topological polar surface area (TPSA) is 72.9 Å². The van der Waals surface area contributed by atoms with Crippen LogP contribution in [0.25, 0.3) is 5.65 Å². The Morgan fingerprint density at radius 3 is 2.65 bits per heavy atom. The number of hydrogen-bond donors (Lipinski definition) is 1. The predicted octanol–water partition coefficient (Wildman–Crippen LogP) is 3.69. The maximum absolute atomic E-state index is 12.2. The van der Waals surface area contributed by atoms with Gasteiger partial charge in [0.2, 0.25) is 0 Å². The highest BCUT2D eigenvalue weighted by Gasteiger charge is 2.47. The summed E-state index contributed by atoms with van der Waals surface area (Å²) in [6.45, 7) is 0.398. The van der Waals surface area contributed by atoms with Crippen LogP contribution in [0.15, 0.2) is 85.2 Å². The molecule has 4 aromatic rings. The highest BCUT2D eigenvalue weighted by molar-refractivity contribution is 5.73. The second-order valence-electron chi connectivity index (χ2n) is 7.35. The summed E-state index contributed by atoms with van der Waals surface area (Å²) in [6.07, 6.45) is 4.30. The van der Waals surface area contributed by atoms with Gasteiger partial charge in [-0.1, -0.05) is 54.5 Å². The second kappa shape index (κ2) is 7.63. The Bertz CT molecular complexity index is 1320. The fraction of sp³-hybridized carbons (Fsp3) is 0.120. The molecule has 1 unspecified atom stereocenters. The number of amides is 2. The van der Waals surface area contributed by atoms with Crippen LogP contribution in [0.2, 0.25) is 0 Å². The zero-order chi connectivity index (χ0) is 21.3. The molecule has 1 aliphatic rings. The third-order valence-electron chi connectivity index (χ3n) is 5.57. The van der Waals surface area contributed by atoms with Crippen LogP contribution >= 0.6 is 0 Å². The molecule has 0 spiro atoms. The van der Waals surface area contributed by atoms with Crippen molar-refractivity contribution in [3.05, 3.63) is 108 Å². The molecule has 152 valence electrons. The Balaban J connectivity index is 1.59. The summed E-state index contributed by atoms with van der Waals surface area (Å²) in [7, 11) is 0. The summed E-state index contributed by atoms with van der Waals surface area (Å²) < 4.78 is 1.95. The molecule has 2 aromatic heterocycles. The van der Waals surface area contributed by atoms with Crippen molar-refractivity contribution in [1.82, 2.24) is 14.4 Å². The molecule has 1 aliphatic heterocycles. The number of pyridine rings is 1. The summed E-state index contributed by atoms with van der Waals surface area (Å²) in [5.41, 5.74) is 9.22. The highest BCUT2D eigenvalue weighted by atomic mass is 16.7. The van der Waals surface area contributed by atoms with E-state index in [0.29, 0.717) is 13.0 Å². The average Bonchev–Trinajstić information content (AvgIpc) is 3.44. The first-order chi connectivity index (χ1) is 15.2. The van der Waals surface area contributed by atoms with Gasteiger partial charge in [0.1, 0.15) is 16.9 Å². The fourth-order valence-electron chi connectivity index (χ4n) is 4.17. The molecule has 1 fully saturated rings. The van der Waals surface area contributed by atoms with E-state index < -0.39 is 11.6 Å². The molecule has 6 heteroatoms. The van der Waals surface area contributed by atoms with Gasteiger partial charge in [-0.3, -0.25) is 9.24 Å². The van der Waals surface area contributed by atoms with Crippen molar-refractivity contribution < 1.29 is 9.63 Å². The van der Waals surface area contributed by atoms with E-state index in [1.54, 1.807) is 6.20 Å². The summed E-state index contributed by atoms with van der Waals surface area (Å²) in [5, 5.41) is 1.29. The van der Waals surface area contributed by atoms with Crippen molar-refractivity contribution in [2.45, 2.75) is 12.0 Å². The monoisotopic (exact) mass is 408 g/mol. The van der Waals surface area contributed by atoms with Gasteiger partial charge in [-0.15, -0.1) is 0 Å². The Kier molecular flexibility index (Phi) is 4.66. The predicted molar refractivity (Wildman–Crippen MR) is 117 cm³/mol. The molecular formula is C25H20N4O2. The van der Waals surface area contributed by atoms with Crippen LogP contribution in [0.5, 0.6) is 0 Å². The van der Waals surface area contributed by atoms with Crippen molar-refractivity contribution in [2.24, 2.45) is 5.73 Å². The lowest BCUT2D eigenvalue weighted by Gasteiger charge is -2.36. The standard InChI is InChI=1S/C25H20N4O2/c26-24(30)29-25(14-16-31-29,20-8-2-1-3-9-20)21-10-6-7-19(17-21)12-13-22-18-27-23-11-4-5-15-28(22)23/h1-11,15,17-18H,14,16H2,(H2,26,30). The van der Waals surface area contributed by atoms with E-state index in [0.717, 1.165) is 28.0 Å². The lowest BCUT2D eigenvalue weighted by atomic mass is 9.80. The van der Waals surface area contributed by atoms with Crippen molar-refractivity contribution in [3.63, 3.8) is 0 Å². The number of fused-ring (bicyclic) bond motifs is 1. The van der Waals surface area contributed by atoms with Gasteiger partial charge in [0, 0.05) is 18.2 Å². The van der Waals surface area contributed by atoms with Gasteiger partial charge in [-0.05, 0) is 41.3 Å². The van der Waals surface area contributed by atoms with Crippen LogP contribution in [-0.2, 0) is 10.4 Å². The number of aromatic nitrogens is 2. The number of urea groups is 1. The zero-order valence-corrected chi connectivity index (χ0v) is 16.7. The molecule has 1 atom stereocenters. The third kappa shape index (κ3) is 3.21. The van der Waals surface area contributed by atoms with E-state index in [4.69, 9.17) is 10.6 Å². The number of hydroxylamine groups is 2. The molecule has 31 heavy (non-hydrogen) atoms. The summed E-state index contributed by atoms with van der Waals surface area (Å²) in [5.74, 6) is 6.43. The number of imidazole rings is 1. The average molecular weight is 408 g/mol. The number of benzene rings is 2. The first-order valence-corrected chi connectivity index (χ1v) is 10.0. The maximum atomic E-state index is 12.2. The number of hydrogen-bond acceptors (Lipinski definition) is 3. The quantitative estimate of drug-likeness (QED) is 0.514. The van der Waals surface area contributed by atoms with E-state index >= 15 is 0 Å². The summed E-state index contributed by atoms with van der Waals surface area (Å²) in [6, 6.07) is 22.9. The van der Waals surface area contributed by atoms with Gasteiger partial charge < -0.3 is 5.73 Å². The largest absolute Gasteiger partial charge is 0.350 e. The highest BCUT2D eigenvalue weighted by Crippen LogP contribution is 2.43. The molecule has 2 amide bonds. The minimum Gasteiger partial charge on any atom is -0.350 e. The van der Waals surface area contributed by atoms with Gasteiger partial charge >= 0.3 is 6.03 Å². The minimum atomic E-state index is -0.798. The number of nitrogens with two attached hydrogens (primary N) is 1. The molecule has 2 N–H and O–H groups in total. The zero-order valence-electron chi connectivity index (χ0n) is 16.7. The Hall–Kier alpha value is -4.08. The van der Waals surface area contributed by atoms with Crippen molar-refractivity contribution in [2.75, 3.05) is 6.61 Å². The van der Waals surface area contributed by atoms with Crippen molar-refractivity contribution in [3.8, 4) is 11.8 Å². The summed E-state index contributed by atoms with van der Waals surface area (Å²) in [4.78, 5) is 22.3. The van der Waals surface area contributed by atoms with Gasteiger partial charge in [0.05, 0.1) is 12.8 Å². The second-order valence-corrected chi connectivity index (χ2v) is 7.35. The number of carbonyl (C=O) groups is 1. The van der Waals surface area contributed by atoms with Crippen LogP contribution in [0.3, 0.4) is 0 Å². The van der Waals surface area contributed by atoms with E-state index in [1.165, 1.54) is 5.06 Å². The van der Waals surface area contributed by atoms with Crippen LogP contribution in [0.1, 0.15) is 28.8 Å². The van der Waals surface area contributed by atoms with Crippen LogP contribution in [-0.4, -0.2) is 27.1 Å². The third-order valence-corrected chi connectivity index (χ3v) is 5.57. The van der Waals surface area contributed by atoms with Crippen LogP contribution in [0, 0.1) is 11.8 Å². The van der Waals surface area contributed by atoms with Crippen molar-refractivity contribution in [1.29, 1.82) is 0 Å². The van der Waals surface area contributed by atoms with Crippen molar-refractivity contribution >= 4 is 11.7 Å². The molecule has 0 bridgehead atoms. The molecule has 5 rings (SSSR count). The SMILES string of the molecule is NC(=O)N1OCCC1(c1ccccc1)c1cccc(C#Cc2cnc3ccccn23)c1.